The monoisotopic (exact) mass is 280 g/mol. The van der Waals surface area contributed by atoms with Crippen molar-refractivity contribution in [2.45, 2.75) is 32.3 Å². The number of carbonyl (C=O) groups is 1. The summed E-state index contributed by atoms with van der Waals surface area (Å²) in [6.45, 7) is 4.14. The van der Waals surface area contributed by atoms with Crippen molar-refractivity contribution in [1.82, 2.24) is 5.32 Å². The zero-order valence-electron chi connectivity index (χ0n) is 11.7. The van der Waals surface area contributed by atoms with Gasteiger partial charge in [-0.1, -0.05) is 0 Å². The molecule has 0 atom stereocenters. The number of benzene rings is 1. The van der Waals surface area contributed by atoms with Gasteiger partial charge in [0.2, 0.25) is 5.91 Å². The highest BCUT2D eigenvalue weighted by molar-refractivity contribution is 5.90. The van der Waals surface area contributed by atoms with Crippen LogP contribution in [-0.2, 0) is 9.53 Å². The average molecular weight is 280 g/mol. The molecule has 4 nitrogen and oxygen atoms in total. The van der Waals surface area contributed by atoms with Crippen molar-refractivity contribution in [1.29, 1.82) is 0 Å². The van der Waals surface area contributed by atoms with Gasteiger partial charge < -0.3 is 15.4 Å². The zero-order valence-corrected chi connectivity index (χ0v) is 11.7. The first-order valence-electron chi connectivity index (χ1n) is 7.03. The lowest BCUT2D eigenvalue weighted by Crippen LogP contribution is -2.33. The number of nitrogens with one attached hydrogen (secondary N) is 2. The van der Waals surface area contributed by atoms with Crippen LogP contribution < -0.4 is 10.6 Å². The van der Waals surface area contributed by atoms with Crippen molar-refractivity contribution in [3.8, 4) is 0 Å². The molecular weight excluding hydrogens is 259 g/mol. The highest BCUT2D eigenvalue weighted by Crippen LogP contribution is 2.14. The number of amides is 1. The zero-order chi connectivity index (χ0) is 14.4. The van der Waals surface area contributed by atoms with Crippen molar-refractivity contribution >= 4 is 11.6 Å². The smallest absolute Gasteiger partial charge is 0.226 e. The second-order valence-electron chi connectivity index (χ2n) is 5.14. The van der Waals surface area contributed by atoms with Gasteiger partial charge in [-0.3, -0.25) is 4.79 Å². The molecule has 20 heavy (non-hydrogen) atoms. The Morgan fingerprint density at radius 3 is 2.85 bits per heavy atom. The van der Waals surface area contributed by atoms with E-state index in [-0.39, 0.29) is 17.8 Å². The fraction of sp³-hybridized carbons (Fsp3) is 0.533. The van der Waals surface area contributed by atoms with Gasteiger partial charge in [0.15, 0.2) is 0 Å². The molecule has 0 spiro atoms. The molecule has 1 amide bonds. The van der Waals surface area contributed by atoms with Crippen LogP contribution in [0.5, 0.6) is 0 Å². The van der Waals surface area contributed by atoms with Crippen molar-refractivity contribution in [3.63, 3.8) is 0 Å². The second kappa shape index (κ2) is 7.36. The Morgan fingerprint density at radius 1 is 1.40 bits per heavy atom. The molecule has 0 aromatic heterocycles. The van der Waals surface area contributed by atoms with E-state index in [1.807, 2.05) is 0 Å². The van der Waals surface area contributed by atoms with Gasteiger partial charge in [0, 0.05) is 5.69 Å². The van der Waals surface area contributed by atoms with Gasteiger partial charge >= 0.3 is 0 Å². The van der Waals surface area contributed by atoms with E-state index in [2.05, 4.69) is 10.6 Å². The Balaban J connectivity index is 1.72. The Bertz CT molecular complexity index is 439. The van der Waals surface area contributed by atoms with Crippen LogP contribution in [0.15, 0.2) is 18.2 Å². The van der Waals surface area contributed by atoms with Gasteiger partial charge in [0.05, 0.1) is 19.1 Å². The lowest BCUT2D eigenvalue weighted by atomic mass is 10.1. The van der Waals surface area contributed by atoms with Crippen LogP contribution in [0.2, 0.25) is 0 Å². The van der Waals surface area contributed by atoms with E-state index in [4.69, 9.17) is 4.74 Å². The van der Waals surface area contributed by atoms with Crippen LogP contribution in [0.1, 0.15) is 24.8 Å². The lowest BCUT2D eigenvalue weighted by molar-refractivity contribution is -0.117. The predicted octanol–water partition coefficient (Wildman–Crippen LogP) is 2.23. The van der Waals surface area contributed by atoms with Gasteiger partial charge in [-0.2, -0.15) is 0 Å². The minimum atomic E-state index is -0.341. The number of rotatable bonds is 5. The third-order valence-electron chi connectivity index (χ3n) is 3.29. The SMILES string of the molecule is Cc1cc(F)cc(NC(=O)CCOC2CCNCC2)c1. The summed E-state index contributed by atoms with van der Waals surface area (Å²) in [5.74, 6) is -0.491. The molecular formula is C15H21FN2O2. The normalized spacial score (nSPS) is 16.1. The number of ether oxygens (including phenoxy) is 1. The third-order valence-corrected chi connectivity index (χ3v) is 3.29. The summed E-state index contributed by atoms with van der Waals surface area (Å²) in [6.07, 6.45) is 2.52. The Morgan fingerprint density at radius 2 is 2.15 bits per heavy atom. The second-order valence-corrected chi connectivity index (χ2v) is 5.14. The number of anilines is 1. The molecule has 0 unspecified atom stereocenters. The minimum absolute atomic E-state index is 0.149. The first kappa shape index (κ1) is 14.9. The fourth-order valence-electron chi connectivity index (χ4n) is 2.31. The standard InChI is InChI=1S/C15H21FN2O2/c1-11-8-12(16)10-13(9-11)18-15(19)4-7-20-14-2-5-17-6-3-14/h8-10,14,17H,2-7H2,1H3,(H,18,19). The first-order valence-corrected chi connectivity index (χ1v) is 7.03. The summed E-state index contributed by atoms with van der Waals surface area (Å²) in [5.41, 5.74) is 1.28. The summed E-state index contributed by atoms with van der Waals surface area (Å²) in [5, 5.41) is 5.95. The van der Waals surface area contributed by atoms with E-state index < -0.39 is 0 Å². The highest BCUT2D eigenvalue weighted by atomic mass is 19.1. The fourth-order valence-corrected chi connectivity index (χ4v) is 2.31. The quantitative estimate of drug-likeness (QED) is 0.869. The molecule has 0 bridgehead atoms. The van der Waals surface area contributed by atoms with Crippen LogP contribution in [0.25, 0.3) is 0 Å². The maximum absolute atomic E-state index is 13.2. The van der Waals surface area contributed by atoms with Crippen LogP contribution in [0.3, 0.4) is 0 Å². The number of halogens is 1. The van der Waals surface area contributed by atoms with E-state index >= 15 is 0 Å². The van der Waals surface area contributed by atoms with Gasteiger partial charge in [-0.25, -0.2) is 4.39 Å². The molecule has 110 valence electrons. The topological polar surface area (TPSA) is 50.4 Å². The Hall–Kier alpha value is -1.46. The molecule has 1 aromatic carbocycles. The molecule has 1 heterocycles. The molecule has 1 aliphatic rings. The number of hydrogen-bond donors (Lipinski definition) is 2. The van der Waals surface area contributed by atoms with E-state index in [9.17, 15) is 9.18 Å². The molecule has 2 N–H and O–H groups in total. The van der Waals surface area contributed by atoms with Crippen molar-refractivity contribution in [2.24, 2.45) is 0 Å². The molecule has 1 saturated heterocycles. The third kappa shape index (κ3) is 4.90. The Kier molecular flexibility index (Phi) is 5.49. The van der Waals surface area contributed by atoms with Crippen molar-refractivity contribution in [3.05, 3.63) is 29.6 Å². The van der Waals surface area contributed by atoms with E-state index in [1.54, 1.807) is 13.0 Å². The van der Waals surface area contributed by atoms with Crippen LogP contribution in [-0.4, -0.2) is 31.7 Å². The highest BCUT2D eigenvalue weighted by Gasteiger charge is 2.13. The number of carbonyl (C=O) groups excluding carboxylic acids is 1. The predicted molar refractivity (Wildman–Crippen MR) is 76.2 cm³/mol. The van der Waals surface area contributed by atoms with Gasteiger partial charge in [-0.05, 0) is 56.6 Å². The van der Waals surface area contributed by atoms with Gasteiger partial charge in [-0.15, -0.1) is 0 Å². The summed E-state index contributed by atoms with van der Waals surface area (Å²) in [7, 11) is 0. The summed E-state index contributed by atoms with van der Waals surface area (Å²) < 4.78 is 18.9. The van der Waals surface area contributed by atoms with Crippen molar-refractivity contribution < 1.29 is 13.9 Å². The number of aryl methyl sites for hydroxylation is 1. The van der Waals surface area contributed by atoms with E-state index in [1.165, 1.54) is 12.1 Å². The number of piperidine rings is 1. The molecule has 5 heteroatoms. The van der Waals surface area contributed by atoms with Gasteiger partial charge in [0.1, 0.15) is 5.82 Å². The summed E-state index contributed by atoms with van der Waals surface area (Å²) in [6, 6.07) is 4.49. The summed E-state index contributed by atoms with van der Waals surface area (Å²) in [4.78, 5) is 11.8. The molecule has 2 rings (SSSR count). The van der Waals surface area contributed by atoms with Crippen molar-refractivity contribution in [2.75, 3.05) is 25.0 Å². The summed E-state index contributed by atoms with van der Waals surface area (Å²) >= 11 is 0. The maximum Gasteiger partial charge on any atom is 0.226 e. The molecule has 0 saturated carbocycles. The van der Waals surface area contributed by atoms with Crippen LogP contribution >= 0.6 is 0 Å². The molecule has 1 aliphatic heterocycles. The van der Waals surface area contributed by atoms with Gasteiger partial charge in [0.25, 0.3) is 0 Å². The molecule has 0 aliphatic carbocycles. The largest absolute Gasteiger partial charge is 0.378 e. The lowest BCUT2D eigenvalue weighted by Gasteiger charge is -2.22. The van der Waals surface area contributed by atoms with Crippen LogP contribution in [0, 0.1) is 12.7 Å². The molecule has 0 radical (unpaired) electrons. The average Bonchev–Trinajstić information content (AvgIpc) is 2.38. The maximum atomic E-state index is 13.2. The molecule has 1 fully saturated rings. The van der Waals surface area contributed by atoms with Crippen LogP contribution in [0.4, 0.5) is 10.1 Å². The minimum Gasteiger partial charge on any atom is -0.378 e. The Labute approximate surface area is 118 Å². The number of hydrogen-bond acceptors (Lipinski definition) is 3. The van der Waals surface area contributed by atoms with E-state index in [0.29, 0.717) is 18.7 Å². The first-order chi connectivity index (χ1) is 9.63. The van der Waals surface area contributed by atoms with E-state index in [0.717, 1.165) is 31.5 Å². The molecule has 1 aromatic rings.